The summed E-state index contributed by atoms with van der Waals surface area (Å²) in [4.78, 5) is 2.06. The molecule has 172 valence electrons. The van der Waals surface area contributed by atoms with Crippen LogP contribution >= 0.6 is 0 Å². The van der Waals surface area contributed by atoms with Crippen LogP contribution in [0.25, 0.3) is 0 Å². The van der Waals surface area contributed by atoms with E-state index in [-0.39, 0.29) is 0 Å². The van der Waals surface area contributed by atoms with Crippen LogP contribution in [0.4, 0.5) is 5.69 Å². The zero-order valence-corrected chi connectivity index (χ0v) is 21.6. The average molecular weight is 423 g/mol. The summed E-state index contributed by atoms with van der Waals surface area (Å²) in [6, 6.07) is 5.93. The van der Waals surface area contributed by atoms with E-state index in [1.807, 2.05) is 91.8 Å². The SMILES string of the molecule is C=C/C=C\C(=C/C)N(C(=C)C)C(=C)CC.CC.CC.CCC#Cc1ccc(C)cc1N. The van der Waals surface area contributed by atoms with E-state index in [0.717, 1.165) is 41.2 Å². The van der Waals surface area contributed by atoms with E-state index < -0.39 is 0 Å². The first-order chi connectivity index (χ1) is 14.8. The molecule has 2 heteroatoms. The standard InChI is InChI=1S/C14H21N.C11H13N.2C2H6/c1-7-10-11-14(9-3)15(12(4)5)13(6)8-2;1-3-4-5-10-7-6-9(2)8-11(10)12;2*1-2/h7,9-11H,1,4,6,8H2,2-3,5H3;6-8H,3,12H2,1-2H3;2*1-2H3/b11-10-,14-9+;;;. The van der Waals surface area contributed by atoms with Gasteiger partial charge < -0.3 is 10.6 Å². The third-order valence-corrected chi connectivity index (χ3v) is 3.67. The van der Waals surface area contributed by atoms with Gasteiger partial charge in [-0.25, -0.2) is 0 Å². The minimum atomic E-state index is 0.774. The number of rotatable bonds is 6. The van der Waals surface area contributed by atoms with Crippen molar-refractivity contribution in [1.82, 2.24) is 4.90 Å². The number of aryl methyl sites for hydroxylation is 1. The summed E-state index contributed by atoms with van der Waals surface area (Å²) in [5.41, 5.74) is 11.7. The highest BCUT2D eigenvalue weighted by Crippen LogP contribution is 2.20. The van der Waals surface area contributed by atoms with Gasteiger partial charge in [0.05, 0.1) is 0 Å². The molecule has 0 radical (unpaired) electrons. The van der Waals surface area contributed by atoms with Gasteiger partial charge >= 0.3 is 0 Å². The fraction of sp³-hybridized carbons (Fsp3) is 0.379. The van der Waals surface area contributed by atoms with Crippen molar-refractivity contribution in [3.63, 3.8) is 0 Å². The maximum Gasteiger partial charge on any atom is 0.0475 e. The molecule has 2 N–H and O–H groups in total. The lowest BCUT2D eigenvalue weighted by Crippen LogP contribution is -2.17. The first-order valence-corrected chi connectivity index (χ1v) is 11.3. The smallest absolute Gasteiger partial charge is 0.0475 e. The number of hydrogen-bond acceptors (Lipinski definition) is 2. The molecule has 0 aliphatic heterocycles. The lowest BCUT2D eigenvalue weighted by molar-refractivity contribution is 0.528. The van der Waals surface area contributed by atoms with Gasteiger partial charge in [-0.1, -0.05) is 97.4 Å². The summed E-state index contributed by atoms with van der Waals surface area (Å²) in [5, 5.41) is 0. The van der Waals surface area contributed by atoms with Crippen molar-refractivity contribution in [1.29, 1.82) is 0 Å². The van der Waals surface area contributed by atoms with Crippen LogP contribution in [0, 0.1) is 18.8 Å². The van der Waals surface area contributed by atoms with Crippen LogP contribution < -0.4 is 5.73 Å². The van der Waals surface area contributed by atoms with Gasteiger partial charge in [0.25, 0.3) is 0 Å². The van der Waals surface area contributed by atoms with Gasteiger partial charge in [-0.05, 0) is 51.0 Å². The normalized spacial score (nSPS) is 9.39. The summed E-state index contributed by atoms with van der Waals surface area (Å²) in [6.45, 7) is 29.8. The first kappa shape index (κ1) is 32.7. The zero-order valence-electron chi connectivity index (χ0n) is 21.6. The second-order valence-electron chi connectivity index (χ2n) is 6.04. The van der Waals surface area contributed by atoms with Gasteiger partial charge in [0.15, 0.2) is 0 Å². The lowest BCUT2D eigenvalue weighted by atomic mass is 10.1. The molecular formula is C29H46N2. The molecule has 0 saturated heterocycles. The molecule has 0 fully saturated rings. The van der Waals surface area contributed by atoms with E-state index >= 15 is 0 Å². The summed E-state index contributed by atoms with van der Waals surface area (Å²) in [6.07, 6.45) is 9.49. The van der Waals surface area contributed by atoms with Crippen LogP contribution in [0.1, 0.15) is 79.4 Å². The van der Waals surface area contributed by atoms with Crippen molar-refractivity contribution in [3.05, 3.63) is 90.5 Å². The van der Waals surface area contributed by atoms with Gasteiger partial charge in [-0.3, -0.25) is 0 Å². The summed E-state index contributed by atoms with van der Waals surface area (Å²) >= 11 is 0. The van der Waals surface area contributed by atoms with Crippen molar-refractivity contribution in [2.75, 3.05) is 5.73 Å². The average Bonchev–Trinajstić information content (AvgIpc) is 2.78. The monoisotopic (exact) mass is 422 g/mol. The molecule has 0 spiro atoms. The highest BCUT2D eigenvalue weighted by Gasteiger charge is 2.09. The molecule has 0 aromatic heterocycles. The van der Waals surface area contributed by atoms with Gasteiger partial charge in [0.2, 0.25) is 0 Å². The Morgan fingerprint density at radius 1 is 1.13 bits per heavy atom. The third kappa shape index (κ3) is 14.7. The Balaban J connectivity index is -0.000000441. The third-order valence-electron chi connectivity index (χ3n) is 3.67. The fourth-order valence-corrected chi connectivity index (χ4v) is 2.28. The molecule has 0 aliphatic rings. The van der Waals surface area contributed by atoms with Crippen LogP contribution in [-0.4, -0.2) is 4.90 Å². The molecule has 31 heavy (non-hydrogen) atoms. The summed E-state index contributed by atoms with van der Waals surface area (Å²) in [7, 11) is 0. The van der Waals surface area contributed by atoms with E-state index in [9.17, 15) is 0 Å². The molecule has 0 amide bonds. The van der Waals surface area contributed by atoms with E-state index in [4.69, 9.17) is 5.73 Å². The van der Waals surface area contributed by atoms with Gasteiger partial charge in [0.1, 0.15) is 0 Å². The molecule has 0 aliphatic carbocycles. The van der Waals surface area contributed by atoms with Gasteiger partial charge in [-0.15, -0.1) is 0 Å². The van der Waals surface area contributed by atoms with Crippen molar-refractivity contribution in [3.8, 4) is 11.8 Å². The molecule has 0 atom stereocenters. The van der Waals surface area contributed by atoms with E-state index in [0.29, 0.717) is 0 Å². The molecular weight excluding hydrogens is 376 g/mol. The van der Waals surface area contributed by atoms with Crippen LogP contribution in [0.3, 0.4) is 0 Å². The second kappa shape index (κ2) is 21.8. The maximum atomic E-state index is 5.76. The maximum absolute atomic E-state index is 5.76. The highest BCUT2D eigenvalue weighted by atomic mass is 15.1. The lowest BCUT2D eigenvalue weighted by Gasteiger charge is -2.27. The number of anilines is 1. The predicted octanol–water partition coefficient (Wildman–Crippen LogP) is 8.78. The summed E-state index contributed by atoms with van der Waals surface area (Å²) < 4.78 is 0. The van der Waals surface area contributed by atoms with Crippen LogP contribution in [0.5, 0.6) is 0 Å². The predicted molar refractivity (Wildman–Crippen MR) is 145 cm³/mol. The minimum Gasteiger partial charge on any atom is -0.398 e. The van der Waals surface area contributed by atoms with Crippen LogP contribution in [-0.2, 0) is 0 Å². The molecule has 1 aromatic rings. The Morgan fingerprint density at radius 3 is 2.10 bits per heavy atom. The Bertz CT molecular complexity index is 768. The second-order valence-corrected chi connectivity index (χ2v) is 6.04. The highest BCUT2D eigenvalue weighted by molar-refractivity contribution is 5.57. The van der Waals surface area contributed by atoms with Crippen molar-refractivity contribution in [2.45, 2.75) is 75.2 Å². The molecule has 2 nitrogen and oxygen atoms in total. The number of nitrogens with zero attached hydrogens (tertiary/aromatic N) is 1. The van der Waals surface area contributed by atoms with Gasteiger partial charge in [-0.2, -0.15) is 0 Å². The van der Waals surface area contributed by atoms with Gasteiger partial charge in [0, 0.05) is 34.8 Å². The molecule has 0 saturated carbocycles. The number of benzene rings is 1. The van der Waals surface area contributed by atoms with Crippen molar-refractivity contribution in [2.24, 2.45) is 0 Å². The Labute approximate surface area is 193 Å². The fourth-order valence-electron chi connectivity index (χ4n) is 2.28. The Hall–Kier alpha value is -2.92. The van der Waals surface area contributed by atoms with Crippen molar-refractivity contribution < 1.29 is 0 Å². The van der Waals surface area contributed by atoms with Crippen LogP contribution in [0.2, 0.25) is 0 Å². The van der Waals surface area contributed by atoms with E-state index in [2.05, 4.69) is 43.4 Å². The number of nitrogen functional groups attached to an aromatic ring is 1. The largest absolute Gasteiger partial charge is 0.398 e. The molecule has 1 aromatic carbocycles. The van der Waals surface area contributed by atoms with Crippen molar-refractivity contribution >= 4 is 5.69 Å². The molecule has 0 unspecified atom stereocenters. The molecule has 1 rings (SSSR count). The number of nitrogens with two attached hydrogens (primary N) is 1. The first-order valence-electron chi connectivity index (χ1n) is 11.3. The molecule has 0 heterocycles. The summed E-state index contributed by atoms with van der Waals surface area (Å²) in [5.74, 6) is 6.01. The number of allylic oxidation sites excluding steroid dienone is 6. The number of hydrogen-bond donors (Lipinski definition) is 1. The Kier molecular flexibility index (Phi) is 23.0. The van der Waals surface area contributed by atoms with E-state index in [1.54, 1.807) is 6.08 Å². The van der Waals surface area contributed by atoms with E-state index in [1.165, 1.54) is 5.56 Å². The Morgan fingerprint density at radius 2 is 1.71 bits per heavy atom. The quantitative estimate of drug-likeness (QED) is 0.282. The molecule has 0 bridgehead atoms. The zero-order chi connectivity index (χ0) is 24.8. The minimum absolute atomic E-state index is 0.774. The topological polar surface area (TPSA) is 29.3 Å². The van der Waals surface area contributed by atoms with Crippen LogP contribution in [0.15, 0.2) is 79.3 Å².